The van der Waals surface area contributed by atoms with Crippen LogP contribution in [-0.4, -0.2) is 60.8 Å². The van der Waals surface area contributed by atoms with Crippen LogP contribution in [0.1, 0.15) is 39.5 Å². The highest BCUT2D eigenvalue weighted by molar-refractivity contribution is 4.83. The molecule has 1 heterocycles. The number of rotatable bonds is 7. The predicted octanol–water partition coefficient (Wildman–Crippen LogP) is 1.81. The van der Waals surface area contributed by atoms with Crippen LogP contribution in [0.4, 0.5) is 0 Å². The first-order chi connectivity index (χ1) is 8.65. The van der Waals surface area contributed by atoms with E-state index in [1.54, 1.807) is 0 Å². The van der Waals surface area contributed by atoms with Crippen LogP contribution in [0.2, 0.25) is 0 Å². The van der Waals surface area contributed by atoms with Crippen LogP contribution < -0.4 is 0 Å². The average molecular weight is 254 g/mol. The van der Waals surface area contributed by atoms with E-state index < -0.39 is 0 Å². The van der Waals surface area contributed by atoms with Crippen molar-refractivity contribution < 1.29 is 5.11 Å². The molecule has 2 fully saturated rings. The lowest BCUT2D eigenvalue weighted by Crippen LogP contribution is -2.50. The lowest BCUT2D eigenvalue weighted by molar-refractivity contribution is 0.0499. The summed E-state index contributed by atoms with van der Waals surface area (Å²) in [4.78, 5) is 5.18. The van der Waals surface area contributed by atoms with E-state index in [-0.39, 0.29) is 5.41 Å². The molecule has 18 heavy (non-hydrogen) atoms. The van der Waals surface area contributed by atoms with Crippen LogP contribution in [0.15, 0.2) is 0 Å². The van der Waals surface area contributed by atoms with Crippen molar-refractivity contribution in [3.63, 3.8) is 0 Å². The van der Waals surface area contributed by atoms with Gasteiger partial charge < -0.3 is 14.9 Å². The van der Waals surface area contributed by atoms with Gasteiger partial charge in [-0.15, -0.1) is 0 Å². The summed E-state index contributed by atoms with van der Waals surface area (Å²) in [7, 11) is 0. The standard InChI is InChI=1S/C15H30N2O/c1-3-6-15(2,13-18)12-17-9-7-16(8-10-17)11-14-4-5-14/h14,18H,3-13H2,1-2H3. The van der Waals surface area contributed by atoms with Gasteiger partial charge in [-0.3, -0.25) is 0 Å². The van der Waals surface area contributed by atoms with Crippen LogP contribution in [-0.2, 0) is 0 Å². The Morgan fingerprint density at radius 1 is 1.11 bits per heavy atom. The van der Waals surface area contributed by atoms with Gasteiger partial charge in [-0.1, -0.05) is 20.3 Å². The van der Waals surface area contributed by atoms with Crippen LogP contribution in [0, 0.1) is 11.3 Å². The van der Waals surface area contributed by atoms with E-state index in [0.29, 0.717) is 6.61 Å². The van der Waals surface area contributed by atoms with Crippen molar-refractivity contribution in [2.24, 2.45) is 11.3 Å². The molecule has 0 aromatic heterocycles. The van der Waals surface area contributed by atoms with E-state index in [2.05, 4.69) is 23.6 Å². The van der Waals surface area contributed by atoms with Crippen LogP contribution in [0.3, 0.4) is 0 Å². The number of nitrogens with zero attached hydrogens (tertiary/aromatic N) is 2. The number of hydrogen-bond donors (Lipinski definition) is 1. The highest BCUT2D eigenvalue weighted by atomic mass is 16.3. The van der Waals surface area contributed by atoms with Crippen molar-refractivity contribution in [1.29, 1.82) is 0 Å². The monoisotopic (exact) mass is 254 g/mol. The quantitative estimate of drug-likeness (QED) is 0.750. The molecule has 0 radical (unpaired) electrons. The first-order valence-electron chi connectivity index (χ1n) is 7.71. The maximum absolute atomic E-state index is 9.59. The molecular formula is C15H30N2O. The Hall–Kier alpha value is -0.120. The highest BCUT2D eigenvalue weighted by Gasteiger charge is 2.29. The third kappa shape index (κ3) is 4.22. The van der Waals surface area contributed by atoms with Crippen molar-refractivity contribution in [2.75, 3.05) is 45.9 Å². The molecule has 2 aliphatic rings. The van der Waals surface area contributed by atoms with E-state index in [1.165, 1.54) is 52.0 Å². The van der Waals surface area contributed by atoms with Gasteiger partial charge in [0.25, 0.3) is 0 Å². The van der Waals surface area contributed by atoms with Gasteiger partial charge in [0.1, 0.15) is 0 Å². The van der Waals surface area contributed by atoms with E-state index in [1.807, 2.05) is 0 Å². The van der Waals surface area contributed by atoms with Gasteiger partial charge in [-0.2, -0.15) is 0 Å². The van der Waals surface area contributed by atoms with Crippen molar-refractivity contribution >= 4 is 0 Å². The van der Waals surface area contributed by atoms with Crippen LogP contribution in [0.25, 0.3) is 0 Å². The first kappa shape index (κ1) is 14.3. The lowest BCUT2D eigenvalue weighted by Gasteiger charge is -2.39. The second kappa shape index (κ2) is 6.36. The minimum atomic E-state index is 0.105. The predicted molar refractivity (Wildman–Crippen MR) is 75.7 cm³/mol. The Bertz CT molecular complexity index is 247. The minimum absolute atomic E-state index is 0.105. The first-order valence-corrected chi connectivity index (χ1v) is 7.71. The molecule has 3 nitrogen and oxygen atoms in total. The molecule has 1 saturated carbocycles. The smallest absolute Gasteiger partial charge is 0.0497 e. The number of aliphatic hydroxyl groups excluding tert-OH is 1. The number of hydrogen-bond acceptors (Lipinski definition) is 3. The molecule has 1 aliphatic carbocycles. The summed E-state index contributed by atoms with van der Waals surface area (Å²) in [6.45, 7) is 12.0. The topological polar surface area (TPSA) is 26.7 Å². The summed E-state index contributed by atoms with van der Waals surface area (Å²) in [5.41, 5.74) is 0.105. The molecule has 1 saturated heterocycles. The van der Waals surface area contributed by atoms with E-state index >= 15 is 0 Å². The normalized spacial score (nSPS) is 26.2. The molecule has 106 valence electrons. The molecule has 1 atom stereocenters. The van der Waals surface area contributed by atoms with E-state index in [9.17, 15) is 5.11 Å². The summed E-state index contributed by atoms with van der Waals surface area (Å²) >= 11 is 0. The summed E-state index contributed by atoms with van der Waals surface area (Å²) < 4.78 is 0. The van der Waals surface area contributed by atoms with Gasteiger partial charge >= 0.3 is 0 Å². The Morgan fingerprint density at radius 2 is 1.72 bits per heavy atom. The maximum atomic E-state index is 9.59. The largest absolute Gasteiger partial charge is 0.396 e. The Kier molecular flexibility index (Phi) is 5.05. The van der Waals surface area contributed by atoms with Gasteiger partial charge in [0, 0.05) is 51.3 Å². The van der Waals surface area contributed by atoms with Gasteiger partial charge in [-0.05, 0) is 25.2 Å². The Labute approximate surface area is 112 Å². The van der Waals surface area contributed by atoms with Gasteiger partial charge in [0.15, 0.2) is 0 Å². The average Bonchev–Trinajstić information content (AvgIpc) is 3.16. The molecular weight excluding hydrogens is 224 g/mol. The van der Waals surface area contributed by atoms with Crippen molar-refractivity contribution in [3.8, 4) is 0 Å². The second-order valence-electron chi connectivity index (χ2n) is 6.74. The molecule has 1 N–H and O–H groups in total. The second-order valence-corrected chi connectivity index (χ2v) is 6.74. The summed E-state index contributed by atoms with van der Waals surface area (Å²) in [6.07, 6.45) is 5.21. The number of piperazine rings is 1. The third-order valence-electron chi connectivity index (χ3n) is 4.52. The lowest BCUT2D eigenvalue weighted by atomic mass is 9.86. The summed E-state index contributed by atoms with van der Waals surface area (Å²) in [5.74, 6) is 1.01. The highest BCUT2D eigenvalue weighted by Crippen LogP contribution is 2.30. The molecule has 0 aromatic rings. The van der Waals surface area contributed by atoms with Gasteiger partial charge in [0.2, 0.25) is 0 Å². The SMILES string of the molecule is CCCC(C)(CO)CN1CCN(CC2CC2)CC1. The molecule has 2 rings (SSSR count). The molecule has 0 bridgehead atoms. The maximum Gasteiger partial charge on any atom is 0.0497 e. The molecule has 0 aromatic carbocycles. The van der Waals surface area contributed by atoms with Crippen molar-refractivity contribution in [3.05, 3.63) is 0 Å². The fourth-order valence-corrected chi connectivity index (χ4v) is 3.15. The molecule has 1 aliphatic heterocycles. The van der Waals surface area contributed by atoms with Crippen LogP contribution in [0.5, 0.6) is 0 Å². The summed E-state index contributed by atoms with van der Waals surface area (Å²) in [6, 6.07) is 0. The molecule has 1 unspecified atom stereocenters. The zero-order chi connectivity index (χ0) is 13.0. The van der Waals surface area contributed by atoms with Crippen molar-refractivity contribution in [2.45, 2.75) is 39.5 Å². The van der Waals surface area contributed by atoms with Crippen molar-refractivity contribution in [1.82, 2.24) is 9.80 Å². The zero-order valence-electron chi connectivity index (χ0n) is 12.2. The fourth-order valence-electron chi connectivity index (χ4n) is 3.15. The minimum Gasteiger partial charge on any atom is -0.396 e. The van der Waals surface area contributed by atoms with Crippen LogP contribution >= 0.6 is 0 Å². The summed E-state index contributed by atoms with van der Waals surface area (Å²) in [5, 5.41) is 9.59. The van der Waals surface area contributed by atoms with E-state index in [4.69, 9.17) is 0 Å². The van der Waals surface area contributed by atoms with Gasteiger partial charge in [0.05, 0.1) is 0 Å². The molecule has 3 heteroatoms. The number of aliphatic hydroxyl groups is 1. The third-order valence-corrected chi connectivity index (χ3v) is 4.52. The fraction of sp³-hybridized carbons (Fsp3) is 1.00. The Balaban J connectivity index is 1.71. The molecule has 0 amide bonds. The Morgan fingerprint density at radius 3 is 2.22 bits per heavy atom. The molecule has 0 spiro atoms. The van der Waals surface area contributed by atoms with Gasteiger partial charge in [-0.25, -0.2) is 0 Å². The zero-order valence-corrected chi connectivity index (χ0v) is 12.2. The van der Waals surface area contributed by atoms with E-state index in [0.717, 1.165) is 18.9 Å².